The largest absolute Gasteiger partial charge is 0.484 e. The number of carbonyl (C=O) groups excluding carboxylic acids is 3. The van der Waals surface area contributed by atoms with Crippen LogP contribution in [0.15, 0.2) is 46.8 Å². The number of dihydropyridines is 1. The second-order valence-electron chi connectivity index (χ2n) is 6.50. The van der Waals surface area contributed by atoms with E-state index in [1.54, 1.807) is 52.0 Å². The molecule has 0 bridgehead atoms. The summed E-state index contributed by atoms with van der Waals surface area (Å²) in [6, 6.07) is 6.75. The van der Waals surface area contributed by atoms with Crippen LogP contribution in [-0.4, -0.2) is 37.7 Å². The quantitative estimate of drug-likeness (QED) is 0.251. The number of allylic oxidation sites excluding steroid dienone is 2. The van der Waals surface area contributed by atoms with Crippen LogP contribution in [0.3, 0.4) is 0 Å². The fourth-order valence-corrected chi connectivity index (χ4v) is 3.23. The van der Waals surface area contributed by atoms with Gasteiger partial charge in [0, 0.05) is 11.4 Å². The number of rotatable bonds is 8. The zero-order valence-corrected chi connectivity index (χ0v) is 17.5. The molecule has 0 spiro atoms. The number of ether oxygens (including phenoxy) is 3. The highest BCUT2D eigenvalue weighted by molar-refractivity contribution is 5.99. The average Bonchev–Trinajstić information content (AvgIpc) is 2.72. The Bertz CT molecular complexity index is 833. The SMILES string of the molecule is CCOC(=O)C1=C(C)NC(C)=C(C(=O)OCC)C1c1ccc(OCC(=O)NN)cc1. The molecule has 9 nitrogen and oxygen atoms in total. The van der Waals surface area contributed by atoms with Crippen LogP contribution in [0.25, 0.3) is 0 Å². The lowest BCUT2D eigenvalue weighted by molar-refractivity contribution is -0.139. The Kier molecular flexibility index (Phi) is 7.99. The first-order valence-electron chi connectivity index (χ1n) is 9.58. The molecule has 0 saturated heterocycles. The van der Waals surface area contributed by atoms with Gasteiger partial charge in [-0.15, -0.1) is 0 Å². The van der Waals surface area contributed by atoms with E-state index in [1.165, 1.54) is 0 Å². The first-order valence-corrected chi connectivity index (χ1v) is 9.58. The Labute approximate surface area is 175 Å². The highest BCUT2D eigenvalue weighted by atomic mass is 16.5. The van der Waals surface area contributed by atoms with Crippen LogP contribution in [0.1, 0.15) is 39.2 Å². The average molecular weight is 417 g/mol. The van der Waals surface area contributed by atoms with E-state index in [-0.39, 0.29) is 19.8 Å². The number of nitrogens with two attached hydrogens (primary N) is 1. The van der Waals surface area contributed by atoms with Crippen LogP contribution in [0.2, 0.25) is 0 Å². The van der Waals surface area contributed by atoms with Gasteiger partial charge in [0.05, 0.1) is 30.3 Å². The summed E-state index contributed by atoms with van der Waals surface area (Å²) in [6.07, 6.45) is 0. The normalized spacial score (nSPS) is 14.2. The van der Waals surface area contributed by atoms with Crippen LogP contribution in [0.4, 0.5) is 0 Å². The minimum atomic E-state index is -0.675. The smallest absolute Gasteiger partial charge is 0.336 e. The van der Waals surface area contributed by atoms with Gasteiger partial charge in [-0.2, -0.15) is 0 Å². The van der Waals surface area contributed by atoms with Gasteiger partial charge in [-0.1, -0.05) is 12.1 Å². The maximum absolute atomic E-state index is 12.7. The van der Waals surface area contributed by atoms with Gasteiger partial charge in [0.1, 0.15) is 5.75 Å². The number of benzene rings is 1. The minimum absolute atomic E-state index is 0.204. The molecule has 0 saturated carbocycles. The van der Waals surface area contributed by atoms with Crippen molar-refractivity contribution in [2.45, 2.75) is 33.6 Å². The molecule has 1 aliphatic rings. The van der Waals surface area contributed by atoms with E-state index >= 15 is 0 Å². The molecule has 0 atom stereocenters. The number of hydrogen-bond acceptors (Lipinski definition) is 8. The zero-order valence-electron chi connectivity index (χ0n) is 17.5. The number of hydrazine groups is 1. The Balaban J connectivity index is 2.47. The summed E-state index contributed by atoms with van der Waals surface area (Å²) in [5, 5.41) is 3.08. The molecule has 162 valence electrons. The molecule has 1 aromatic carbocycles. The molecule has 1 aliphatic heterocycles. The number of esters is 2. The molecule has 1 heterocycles. The molecule has 0 aromatic heterocycles. The predicted molar refractivity (Wildman–Crippen MR) is 109 cm³/mol. The third-order valence-electron chi connectivity index (χ3n) is 4.50. The van der Waals surface area contributed by atoms with Crippen molar-refractivity contribution < 1.29 is 28.6 Å². The molecule has 0 unspecified atom stereocenters. The Morgan fingerprint density at radius 3 is 1.90 bits per heavy atom. The van der Waals surface area contributed by atoms with Gasteiger partial charge in [0.25, 0.3) is 5.91 Å². The van der Waals surface area contributed by atoms with Crippen molar-refractivity contribution in [1.29, 1.82) is 0 Å². The minimum Gasteiger partial charge on any atom is -0.484 e. The third kappa shape index (κ3) is 5.18. The van der Waals surface area contributed by atoms with Crippen molar-refractivity contribution in [3.8, 4) is 5.75 Å². The lowest BCUT2D eigenvalue weighted by Gasteiger charge is -2.30. The molecule has 1 amide bonds. The van der Waals surface area contributed by atoms with Crippen LogP contribution in [-0.2, 0) is 23.9 Å². The monoisotopic (exact) mass is 417 g/mol. The maximum Gasteiger partial charge on any atom is 0.336 e. The topological polar surface area (TPSA) is 129 Å². The Hall–Kier alpha value is -3.33. The summed E-state index contributed by atoms with van der Waals surface area (Å²) in [6.45, 7) is 7.13. The van der Waals surface area contributed by atoms with E-state index in [1.807, 2.05) is 5.43 Å². The Morgan fingerprint density at radius 1 is 0.967 bits per heavy atom. The summed E-state index contributed by atoms with van der Waals surface area (Å²) in [7, 11) is 0. The fraction of sp³-hybridized carbons (Fsp3) is 0.381. The first kappa shape index (κ1) is 23.0. The van der Waals surface area contributed by atoms with Gasteiger partial charge >= 0.3 is 11.9 Å². The molecule has 0 radical (unpaired) electrons. The predicted octanol–water partition coefficient (Wildman–Crippen LogP) is 1.42. The van der Waals surface area contributed by atoms with E-state index in [0.29, 0.717) is 33.9 Å². The van der Waals surface area contributed by atoms with Crippen molar-refractivity contribution in [1.82, 2.24) is 10.7 Å². The summed E-state index contributed by atoms with van der Waals surface area (Å²) in [4.78, 5) is 36.7. The van der Waals surface area contributed by atoms with Gasteiger partial charge in [0.2, 0.25) is 0 Å². The molecule has 2 rings (SSSR count). The van der Waals surface area contributed by atoms with Gasteiger partial charge in [-0.25, -0.2) is 15.4 Å². The number of nitrogens with one attached hydrogen (secondary N) is 2. The zero-order chi connectivity index (χ0) is 22.3. The van der Waals surface area contributed by atoms with Crippen LogP contribution in [0, 0.1) is 0 Å². The summed E-state index contributed by atoms with van der Waals surface area (Å²) >= 11 is 0. The van der Waals surface area contributed by atoms with Crippen molar-refractivity contribution >= 4 is 17.8 Å². The lowest BCUT2D eigenvalue weighted by Crippen LogP contribution is -2.34. The Morgan fingerprint density at radius 2 is 1.47 bits per heavy atom. The summed E-state index contributed by atoms with van der Waals surface area (Å²) in [5.41, 5.74) is 4.53. The molecule has 30 heavy (non-hydrogen) atoms. The molecule has 9 heteroatoms. The maximum atomic E-state index is 12.7. The van der Waals surface area contributed by atoms with E-state index in [2.05, 4.69) is 5.32 Å². The number of carbonyl (C=O) groups is 3. The van der Waals surface area contributed by atoms with Gasteiger partial charge < -0.3 is 19.5 Å². The molecule has 0 aliphatic carbocycles. The molecule has 4 N–H and O–H groups in total. The molecule has 1 aromatic rings. The molecule has 0 fully saturated rings. The molecular weight excluding hydrogens is 390 g/mol. The van der Waals surface area contributed by atoms with Crippen molar-refractivity contribution in [3.63, 3.8) is 0 Å². The first-order chi connectivity index (χ1) is 14.3. The van der Waals surface area contributed by atoms with Gasteiger partial charge in [-0.05, 0) is 45.4 Å². The van der Waals surface area contributed by atoms with E-state index in [4.69, 9.17) is 20.1 Å². The summed E-state index contributed by atoms with van der Waals surface area (Å²) in [5.74, 6) is 3.31. The molecular formula is C21H27N3O6. The number of hydrogen-bond donors (Lipinski definition) is 3. The van der Waals surface area contributed by atoms with Crippen molar-refractivity contribution in [3.05, 3.63) is 52.4 Å². The highest BCUT2D eigenvalue weighted by Gasteiger charge is 2.37. The van der Waals surface area contributed by atoms with Crippen LogP contribution >= 0.6 is 0 Å². The number of amides is 1. The summed E-state index contributed by atoms with van der Waals surface area (Å²) < 4.78 is 15.8. The van der Waals surface area contributed by atoms with E-state index < -0.39 is 23.8 Å². The van der Waals surface area contributed by atoms with E-state index in [9.17, 15) is 14.4 Å². The van der Waals surface area contributed by atoms with Gasteiger partial charge in [0.15, 0.2) is 6.61 Å². The second kappa shape index (κ2) is 10.4. The lowest BCUT2D eigenvalue weighted by atomic mass is 9.80. The van der Waals surface area contributed by atoms with Crippen molar-refractivity contribution in [2.24, 2.45) is 5.84 Å². The highest BCUT2D eigenvalue weighted by Crippen LogP contribution is 2.39. The fourth-order valence-electron chi connectivity index (χ4n) is 3.23. The van der Waals surface area contributed by atoms with E-state index in [0.717, 1.165) is 0 Å². The second-order valence-corrected chi connectivity index (χ2v) is 6.50. The van der Waals surface area contributed by atoms with Crippen LogP contribution in [0.5, 0.6) is 5.75 Å². The van der Waals surface area contributed by atoms with Crippen LogP contribution < -0.4 is 21.3 Å². The van der Waals surface area contributed by atoms with Crippen molar-refractivity contribution in [2.75, 3.05) is 19.8 Å². The standard InChI is InChI=1S/C21H27N3O6/c1-5-28-20(26)17-12(3)23-13(4)18(21(27)29-6-2)19(17)14-7-9-15(10-8-14)30-11-16(25)24-22/h7-10,19,23H,5-6,11,22H2,1-4H3,(H,24,25). The third-order valence-corrected chi connectivity index (χ3v) is 4.50. The van der Waals surface area contributed by atoms with Gasteiger partial charge in [-0.3, -0.25) is 10.2 Å².